The minimum Gasteiger partial charge on any atom is -0.383 e. The number of carbonyl (C=O) groups excluding carboxylic acids is 2. The van der Waals surface area contributed by atoms with Gasteiger partial charge in [-0.25, -0.2) is 19.9 Å². The number of hydrogen-bond acceptors (Lipinski definition) is 12. The van der Waals surface area contributed by atoms with Gasteiger partial charge in [-0.3, -0.25) is 9.59 Å². The van der Waals surface area contributed by atoms with E-state index in [-0.39, 0.29) is 24.4 Å². The Balaban J connectivity index is 0.000000198. The highest BCUT2D eigenvalue weighted by molar-refractivity contribution is 6.32. The molecule has 2 aromatic carbocycles. The first-order valence-electron chi connectivity index (χ1n) is 20.8. The molecular weight excluding hydrogens is 800 g/mol. The van der Waals surface area contributed by atoms with Crippen LogP contribution in [-0.4, -0.2) is 94.9 Å². The maximum Gasteiger partial charge on any atom is 0.255 e. The normalized spacial score (nSPS) is 14.7. The summed E-state index contributed by atoms with van der Waals surface area (Å²) in [5.41, 5.74) is 20.2. The fourth-order valence-electron chi connectivity index (χ4n) is 7.37. The number of rotatable bonds is 10. The Kier molecular flexibility index (Phi) is 17.7. The summed E-state index contributed by atoms with van der Waals surface area (Å²) in [4.78, 5) is 46.1. The molecule has 6 aromatic rings. The number of nitrogen functional groups attached to an aromatic ring is 2. The molecular formula is C47H61ClN12O2. The molecule has 2 aliphatic rings. The average Bonchev–Trinajstić information content (AvgIpc) is 3.28. The number of hydrogen-bond donors (Lipinski definition) is 6. The summed E-state index contributed by atoms with van der Waals surface area (Å²) in [5, 5.41) is 13.2. The molecule has 14 nitrogen and oxygen atoms in total. The van der Waals surface area contributed by atoms with E-state index in [2.05, 4.69) is 59.8 Å². The minimum absolute atomic E-state index is 0. The molecule has 62 heavy (non-hydrogen) atoms. The zero-order valence-corrected chi connectivity index (χ0v) is 35.7. The Hall–Kier alpha value is -5.93. The number of fused-ring (bicyclic) bond motifs is 2. The SMILES string of the molecule is C.CN1CCC(CN)CC1.CN1CCC(CNc2ncccc2C(=O)NCc2ccc3c(N)nccc3c2)CC1.Nc1nccc2cc(CNC(=O)c3cccnc3Cl)ccc12. The summed E-state index contributed by atoms with van der Waals surface area (Å²) >= 11 is 5.90. The lowest BCUT2D eigenvalue weighted by Gasteiger charge is -2.29. The fourth-order valence-corrected chi connectivity index (χ4v) is 7.57. The Morgan fingerprint density at radius 1 is 0.661 bits per heavy atom. The van der Waals surface area contributed by atoms with E-state index in [9.17, 15) is 9.59 Å². The highest BCUT2D eigenvalue weighted by Crippen LogP contribution is 2.23. The first kappa shape index (κ1) is 47.1. The summed E-state index contributed by atoms with van der Waals surface area (Å²) in [6.07, 6.45) is 11.5. The van der Waals surface area contributed by atoms with Crippen LogP contribution in [0.5, 0.6) is 0 Å². The molecule has 2 saturated heterocycles. The van der Waals surface area contributed by atoms with Gasteiger partial charge in [0, 0.05) is 55.2 Å². The maximum absolute atomic E-state index is 12.8. The number of aromatic nitrogens is 4. The number of piperidine rings is 2. The van der Waals surface area contributed by atoms with Gasteiger partial charge in [-0.05, 0) is 155 Å². The van der Waals surface area contributed by atoms with Gasteiger partial charge < -0.3 is 43.0 Å². The van der Waals surface area contributed by atoms with Crippen molar-refractivity contribution < 1.29 is 9.59 Å². The third-order valence-electron chi connectivity index (χ3n) is 11.2. The predicted molar refractivity (Wildman–Crippen MR) is 253 cm³/mol. The lowest BCUT2D eigenvalue weighted by Crippen LogP contribution is -2.33. The van der Waals surface area contributed by atoms with E-state index in [1.54, 1.807) is 43.0 Å². The van der Waals surface area contributed by atoms with E-state index in [1.165, 1.54) is 38.8 Å². The van der Waals surface area contributed by atoms with Crippen molar-refractivity contribution in [3.63, 3.8) is 0 Å². The molecule has 15 heteroatoms. The van der Waals surface area contributed by atoms with Crippen molar-refractivity contribution in [1.82, 2.24) is 40.4 Å². The predicted octanol–water partition coefficient (Wildman–Crippen LogP) is 6.61. The van der Waals surface area contributed by atoms with Gasteiger partial charge in [0.25, 0.3) is 11.8 Å². The number of nitrogens with zero attached hydrogens (tertiary/aromatic N) is 6. The zero-order chi connectivity index (χ0) is 43.1. The molecule has 2 amide bonds. The van der Waals surface area contributed by atoms with E-state index < -0.39 is 0 Å². The quantitative estimate of drug-likeness (QED) is 0.0805. The number of carbonyl (C=O) groups is 2. The van der Waals surface area contributed by atoms with E-state index in [4.69, 9.17) is 28.8 Å². The number of likely N-dealkylation sites (tertiary alicyclic amines) is 2. The standard InChI is InChI=1S/C23H28N6O.C16H13ClN4O.C7H16N2.CH4/c1-29-11-7-16(8-12-29)14-27-22-20(3-2-9-26-22)23(30)28-15-17-4-5-19-18(13-17)6-10-25-21(19)24;17-14-13(2-1-6-19-14)16(22)21-9-10-3-4-12-11(8-10)5-7-20-15(12)18;1-9-4-2-7(6-8)3-5-9;/h2-6,9-10,13,16H,7-8,11-12,14-15H2,1H3,(H2,24,25)(H,26,27)(H,28,30);1-8H,9H2,(H2,18,20)(H,21,22);7H,2-6,8H2,1H3;1H4. The van der Waals surface area contributed by atoms with Gasteiger partial charge in [0.15, 0.2) is 0 Å². The number of pyridine rings is 4. The van der Waals surface area contributed by atoms with Gasteiger partial charge in [0.05, 0.1) is 11.1 Å². The van der Waals surface area contributed by atoms with Crippen molar-refractivity contribution >= 4 is 62.4 Å². The molecule has 0 aliphatic carbocycles. The van der Waals surface area contributed by atoms with Gasteiger partial charge >= 0.3 is 0 Å². The number of nitrogens with one attached hydrogen (secondary N) is 3. The molecule has 2 fully saturated rings. The average molecular weight is 862 g/mol. The van der Waals surface area contributed by atoms with Crippen molar-refractivity contribution in [3.05, 3.63) is 125 Å². The summed E-state index contributed by atoms with van der Waals surface area (Å²) < 4.78 is 0. The van der Waals surface area contributed by atoms with Gasteiger partial charge in [-0.1, -0.05) is 43.3 Å². The summed E-state index contributed by atoms with van der Waals surface area (Å²) in [6.45, 7) is 7.26. The van der Waals surface area contributed by atoms with Crippen LogP contribution >= 0.6 is 11.6 Å². The van der Waals surface area contributed by atoms with Crippen molar-refractivity contribution in [2.45, 2.75) is 46.2 Å². The second-order valence-corrected chi connectivity index (χ2v) is 16.1. The third kappa shape index (κ3) is 13.3. The van der Waals surface area contributed by atoms with Crippen LogP contribution in [0.15, 0.2) is 97.6 Å². The summed E-state index contributed by atoms with van der Waals surface area (Å²) in [6, 6.07) is 22.4. The molecule has 0 spiro atoms. The van der Waals surface area contributed by atoms with Crippen LogP contribution in [0.25, 0.3) is 21.5 Å². The molecule has 8 rings (SSSR count). The monoisotopic (exact) mass is 860 g/mol. The molecule has 0 unspecified atom stereocenters. The van der Waals surface area contributed by atoms with Crippen molar-refractivity contribution in [3.8, 4) is 0 Å². The molecule has 9 N–H and O–H groups in total. The number of halogens is 1. The van der Waals surface area contributed by atoms with E-state index >= 15 is 0 Å². The van der Waals surface area contributed by atoms with Crippen molar-refractivity contribution in [1.29, 1.82) is 0 Å². The molecule has 328 valence electrons. The molecule has 6 heterocycles. The van der Waals surface area contributed by atoms with Crippen LogP contribution in [0.4, 0.5) is 17.5 Å². The van der Waals surface area contributed by atoms with Crippen molar-refractivity contribution in [2.75, 3.05) is 70.1 Å². The maximum atomic E-state index is 12.8. The smallest absolute Gasteiger partial charge is 0.255 e. The van der Waals surface area contributed by atoms with E-state index in [1.807, 2.05) is 54.6 Å². The molecule has 0 saturated carbocycles. The number of anilines is 3. The first-order chi connectivity index (χ1) is 29.6. The Labute approximate surface area is 370 Å². The van der Waals surface area contributed by atoms with Gasteiger partial charge in [0.1, 0.15) is 22.6 Å². The Morgan fingerprint density at radius 2 is 1.15 bits per heavy atom. The molecule has 0 atom stereocenters. The largest absolute Gasteiger partial charge is 0.383 e. The lowest BCUT2D eigenvalue weighted by molar-refractivity contribution is 0.0943. The van der Waals surface area contributed by atoms with Crippen LogP contribution in [0, 0.1) is 11.8 Å². The van der Waals surface area contributed by atoms with Crippen LogP contribution in [0.3, 0.4) is 0 Å². The van der Waals surface area contributed by atoms with Gasteiger partial charge in [0.2, 0.25) is 0 Å². The highest BCUT2D eigenvalue weighted by atomic mass is 35.5. The van der Waals surface area contributed by atoms with E-state index in [0.29, 0.717) is 47.6 Å². The fraction of sp³-hybridized carbons (Fsp3) is 0.362. The van der Waals surface area contributed by atoms with E-state index in [0.717, 1.165) is 64.8 Å². The lowest BCUT2D eigenvalue weighted by atomic mass is 9.97. The topological polar surface area (TPSA) is 206 Å². The number of amides is 2. The highest BCUT2D eigenvalue weighted by Gasteiger charge is 2.19. The van der Waals surface area contributed by atoms with Crippen LogP contribution in [0.1, 0.15) is 65.0 Å². The molecule has 0 bridgehead atoms. The van der Waals surface area contributed by atoms with Gasteiger partial charge in [-0.15, -0.1) is 0 Å². The second kappa shape index (κ2) is 23.3. The Bertz CT molecular complexity index is 2380. The molecule has 0 radical (unpaired) electrons. The molecule has 4 aromatic heterocycles. The number of nitrogens with two attached hydrogens (primary N) is 3. The number of benzene rings is 2. The molecule has 2 aliphatic heterocycles. The Morgan fingerprint density at radius 3 is 1.66 bits per heavy atom. The second-order valence-electron chi connectivity index (χ2n) is 15.7. The van der Waals surface area contributed by atoms with Crippen molar-refractivity contribution in [2.24, 2.45) is 17.6 Å². The van der Waals surface area contributed by atoms with Gasteiger partial charge in [-0.2, -0.15) is 0 Å². The third-order valence-corrected chi connectivity index (χ3v) is 11.6. The zero-order valence-electron chi connectivity index (χ0n) is 35.0. The van der Waals surface area contributed by atoms with Crippen LogP contribution in [0.2, 0.25) is 5.15 Å². The summed E-state index contributed by atoms with van der Waals surface area (Å²) in [5.74, 6) is 2.68. The first-order valence-corrected chi connectivity index (χ1v) is 21.1. The van der Waals surface area contributed by atoms with Crippen LogP contribution < -0.4 is 33.2 Å². The summed E-state index contributed by atoms with van der Waals surface area (Å²) in [7, 11) is 4.33. The van der Waals surface area contributed by atoms with Crippen LogP contribution in [-0.2, 0) is 13.1 Å². The minimum atomic E-state index is -0.257.